The zero-order valence-electron chi connectivity index (χ0n) is 10.6. The molecule has 1 saturated heterocycles. The van der Waals surface area contributed by atoms with E-state index in [2.05, 4.69) is 0 Å². The lowest BCUT2D eigenvalue weighted by molar-refractivity contribution is 0.142. The Morgan fingerprint density at radius 3 is 2.05 bits per heavy atom. The normalized spacial score (nSPS) is 16.5. The van der Waals surface area contributed by atoms with E-state index in [1.54, 1.807) is 24.3 Å². The van der Waals surface area contributed by atoms with Crippen LogP contribution in [0.25, 0.3) is 0 Å². The van der Waals surface area contributed by atoms with Crippen molar-refractivity contribution in [3.05, 3.63) is 24.3 Å². The SMILES string of the molecule is CS(=O)(=O)c1ccc(N2CCN(C(=O)O)CC2)cc1. The number of benzene rings is 1. The van der Waals surface area contributed by atoms with Crippen LogP contribution in [0.4, 0.5) is 10.5 Å². The highest BCUT2D eigenvalue weighted by atomic mass is 32.2. The lowest BCUT2D eigenvalue weighted by Crippen LogP contribution is -2.48. The van der Waals surface area contributed by atoms with Crippen molar-refractivity contribution in [3.8, 4) is 0 Å². The molecule has 1 aliphatic heterocycles. The molecule has 1 aromatic carbocycles. The van der Waals surface area contributed by atoms with Gasteiger partial charge in [0.15, 0.2) is 9.84 Å². The molecule has 104 valence electrons. The van der Waals surface area contributed by atoms with Crippen molar-refractivity contribution >= 4 is 21.6 Å². The van der Waals surface area contributed by atoms with Gasteiger partial charge >= 0.3 is 6.09 Å². The van der Waals surface area contributed by atoms with Gasteiger partial charge in [0, 0.05) is 38.1 Å². The van der Waals surface area contributed by atoms with Gasteiger partial charge in [-0.3, -0.25) is 0 Å². The third kappa shape index (κ3) is 3.17. The lowest BCUT2D eigenvalue weighted by atomic mass is 10.2. The topological polar surface area (TPSA) is 77.9 Å². The van der Waals surface area contributed by atoms with E-state index in [-0.39, 0.29) is 0 Å². The predicted molar refractivity (Wildman–Crippen MR) is 71.4 cm³/mol. The quantitative estimate of drug-likeness (QED) is 0.872. The second-order valence-electron chi connectivity index (χ2n) is 4.52. The van der Waals surface area contributed by atoms with Crippen LogP contribution >= 0.6 is 0 Å². The lowest BCUT2D eigenvalue weighted by Gasteiger charge is -2.34. The Balaban J connectivity index is 2.06. The largest absolute Gasteiger partial charge is 0.465 e. The number of hydrogen-bond donors (Lipinski definition) is 1. The molecular weight excluding hydrogens is 268 g/mol. The number of carboxylic acid groups (broad SMARTS) is 1. The fraction of sp³-hybridized carbons (Fsp3) is 0.417. The summed E-state index contributed by atoms with van der Waals surface area (Å²) in [6.07, 6.45) is 0.278. The summed E-state index contributed by atoms with van der Waals surface area (Å²) in [5.74, 6) is 0. The summed E-state index contributed by atoms with van der Waals surface area (Å²) in [6, 6.07) is 6.67. The monoisotopic (exact) mass is 284 g/mol. The maximum atomic E-state index is 11.4. The van der Waals surface area contributed by atoms with Gasteiger partial charge in [0.2, 0.25) is 0 Å². The van der Waals surface area contributed by atoms with E-state index in [4.69, 9.17) is 5.11 Å². The molecule has 2 rings (SSSR count). The maximum absolute atomic E-state index is 11.4. The molecule has 0 radical (unpaired) electrons. The Bertz CT molecular complexity index is 560. The Hall–Kier alpha value is -1.76. The first-order valence-corrected chi connectivity index (χ1v) is 7.80. The first kappa shape index (κ1) is 13.7. The molecule has 0 bridgehead atoms. The molecule has 0 aliphatic carbocycles. The molecule has 1 aliphatic rings. The van der Waals surface area contributed by atoms with Gasteiger partial charge in [-0.1, -0.05) is 0 Å². The van der Waals surface area contributed by atoms with Crippen molar-refractivity contribution in [3.63, 3.8) is 0 Å². The average Bonchev–Trinajstić information content (AvgIpc) is 2.38. The van der Waals surface area contributed by atoms with E-state index in [1.165, 1.54) is 11.2 Å². The number of piperazine rings is 1. The molecule has 19 heavy (non-hydrogen) atoms. The summed E-state index contributed by atoms with van der Waals surface area (Å²) in [4.78, 5) is 14.5. The fourth-order valence-electron chi connectivity index (χ4n) is 2.06. The molecule has 1 N–H and O–H groups in total. The Labute approximate surface area is 112 Å². The Kier molecular flexibility index (Phi) is 3.66. The molecule has 1 fully saturated rings. The molecule has 7 heteroatoms. The van der Waals surface area contributed by atoms with Crippen molar-refractivity contribution in [2.45, 2.75) is 4.90 Å². The van der Waals surface area contributed by atoms with Gasteiger partial charge in [0.1, 0.15) is 0 Å². The number of hydrogen-bond acceptors (Lipinski definition) is 4. The second kappa shape index (κ2) is 5.08. The summed E-state index contributed by atoms with van der Waals surface area (Å²) in [5, 5.41) is 8.86. The van der Waals surface area contributed by atoms with Gasteiger partial charge < -0.3 is 14.9 Å². The standard InChI is InChI=1S/C12H16N2O4S/c1-19(17,18)11-4-2-10(3-5-11)13-6-8-14(9-7-13)12(15)16/h2-5H,6-9H2,1H3,(H,15,16). The highest BCUT2D eigenvalue weighted by Gasteiger charge is 2.20. The molecule has 0 atom stereocenters. The van der Waals surface area contributed by atoms with Gasteiger partial charge in [0.05, 0.1) is 4.90 Å². The van der Waals surface area contributed by atoms with Crippen LogP contribution < -0.4 is 4.90 Å². The van der Waals surface area contributed by atoms with Gasteiger partial charge in [-0.25, -0.2) is 13.2 Å². The molecule has 1 amide bonds. The van der Waals surface area contributed by atoms with Crippen LogP contribution in [0, 0.1) is 0 Å². The summed E-state index contributed by atoms with van der Waals surface area (Å²) in [7, 11) is -3.17. The number of sulfone groups is 1. The summed E-state index contributed by atoms with van der Waals surface area (Å²) >= 11 is 0. The average molecular weight is 284 g/mol. The van der Waals surface area contributed by atoms with Gasteiger partial charge in [-0.2, -0.15) is 0 Å². The Morgan fingerprint density at radius 1 is 1.11 bits per heavy atom. The molecular formula is C12H16N2O4S. The van der Waals surface area contributed by atoms with E-state index in [1.807, 2.05) is 4.90 Å². The second-order valence-corrected chi connectivity index (χ2v) is 6.54. The predicted octanol–water partition coefficient (Wildman–Crippen LogP) is 0.890. The minimum atomic E-state index is -3.17. The van der Waals surface area contributed by atoms with Crippen molar-refractivity contribution in [2.24, 2.45) is 0 Å². The molecule has 6 nitrogen and oxygen atoms in total. The zero-order valence-corrected chi connectivity index (χ0v) is 11.4. The van der Waals surface area contributed by atoms with Crippen LogP contribution in [0.5, 0.6) is 0 Å². The molecule has 0 unspecified atom stereocenters. The first-order chi connectivity index (χ1) is 8.88. The number of carbonyl (C=O) groups is 1. The number of amides is 1. The molecule has 0 aromatic heterocycles. The van der Waals surface area contributed by atoms with E-state index < -0.39 is 15.9 Å². The molecule has 1 aromatic rings. The van der Waals surface area contributed by atoms with Crippen molar-refractivity contribution in [2.75, 3.05) is 37.3 Å². The van der Waals surface area contributed by atoms with Crippen LogP contribution in [0.3, 0.4) is 0 Å². The summed E-state index contributed by atoms with van der Waals surface area (Å²) in [5.41, 5.74) is 0.914. The summed E-state index contributed by atoms with van der Waals surface area (Å²) < 4.78 is 22.7. The maximum Gasteiger partial charge on any atom is 0.407 e. The summed E-state index contributed by atoms with van der Waals surface area (Å²) in [6.45, 7) is 2.15. The number of nitrogens with zero attached hydrogens (tertiary/aromatic N) is 2. The van der Waals surface area contributed by atoms with Gasteiger partial charge in [0.25, 0.3) is 0 Å². The molecule has 0 saturated carbocycles. The first-order valence-electron chi connectivity index (χ1n) is 5.91. The third-order valence-corrected chi connectivity index (χ3v) is 4.31. The van der Waals surface area contributed by atoms with Crippen LogP contribution in [0.1, 0.15) is 0 Å². The molecule has 0 spiro atoms. The van der Waals surface area contributed by atoms with Crippen LogP contribution in [0.2, 0.25) is 0 Å². The van der Waals surface area contributed by atoms with E-state index in [0.717, 1.165) is 5.69 Å². The molecule has 1 heterocycles. The van der Waals surface area contributed by atoms with E-state index in [0.29, 0.717) is 31.1 Å². The third-order valence-electron chi connectivity index (χ3n) is 3.18. The Morgan fingerprint density at radius 2 is 1.63 bits per heavy atom. The highest BCUT2D eigenvalue weighted by Crippen LogP contribution is 2.19. The minimum absolute atomic E-state index is 0.292. The van der Waals surface area contributed by atoms with Gasteiger partial charge in [-0.05, 0) is 24.3 Å². The van der Waals surface area contributed by atoms with Crippen LogP contribution in [0.15, 0.2) is 29.2 Å². The number of anilines is 1. The van der Waals surface area contributed by atoms with Crippen molar-refractivity contribution < 1.29 is 18.3 Å². The van der Waals surface area contributed by atoms with Crippen molar-refractivity contribution in [1.82, 2.24) is 4.90 Å². The minimum Gasteiger partial charge on any atom is -0.465 e. The smallest absolute Gasteiger partial charge is 0.407 e. The number of rotatable bonds is 2. The fourth-order valence-corrected chi connectivity index (χ4v) is 2.69. The van der Waals surface area contributed by atoms with E-state index >= 15 is 0 Å². The van der Waals surface area contributed by atoms with Crippen LogP contribution in [-0.2, 0) is 9.84 Å². The zero-order chi connectivity index (χ0) is 14.0. The van der Waals surface area contributed by atoms with E-state index in [9.17, 15) is 13.2 Å². The van der Waals surface area contributed by atoms with Gasteiger partial charge in [-0.15, -0.1) is 0 Å². The van der Waals surface area contributed by atoms with Crippen LogP contribution in [-0.4, -0.2) is 57.0 Å². The van der Waals surface area contributed by atoms with Crippen molar-refractivity contribution in [1.29, 1.82) is 0 Å². The highest BCUT2D eigenvalue weighted by molar-refractivity contribution is 7.90.